The van der Waals surface area contributed by atoms with Crippen LogP contribution in [0.15, 0.2) is 30.3 Å². The number of alkyl halides is 1. The summed E-state index contributed by atoms with van der Waals surface area (Å²) in [5.74, 6) is 1.30. The Morgan fingerprint density at radius 3 is 2.71 bits per heavy atom. The Balaban J connectivity index is 2.37. The van der Waals surface area contributed by atoms with Gasteiger partial charge in [0.05, 0.1) is 5.69 Å². The summed E-state index contributed by atoms with van der Waals surface area (Å²) in [4.78, 5) is 0. The fourth-order valence-corrected chi connectivity index (χ4v) is 1.38. The highest BCUT2D eigenvalue weighted by atomic mass is 35.5. The molecule has 0 radical (unpaired) electrons. The number of nitrogens with zero attached hydrogens (tertiary/aromatic N) is 4. The second-order valence-corrected chi connectivity index (χ2v) is 3.16. The average molecular weight is 209 g/mol. The van der Waals surface area contributed by atoms with Crippen molar-refractivity contribution in [2.75, 3.05) is 5.88 Å². The average Bonchev–Trinajstić information content (AvgIpc) is 2.68. The molecule has 0 saturated heterocycles. The number of para-hydroxylation sites is 1. The van der Waals surface area contributed by atoms with Gasteiger partial charge < -0.3 is 0 Å². The maximum atomic E-state index is 5.64. The van der Waals surface area contributed by atoms with Gasteiger partial charge in [0.1, 0.15) is 0 Å². The third-order valence-electron chi connectivity index (χ3n) is 1.85. The van der Waals surface area contributed by atoms with Crippen molar-refractivity contribution < 1.29 is 0 Å². The van der Waals surface area contributed by atoms with Crippen LogP contribution in [0.5, 0.6) is 0 Å². The Hall–Kier alpha value is -1.42. The van der Waals surface area contributed by atoms with Crippen molar-refractivity contribution in [2.24, 2.45) is 0 Å². The molecule has 4 nitrogen and oxygen atoms in total. The molecule has 2 rings (SSSR count). The molecule has 0 atom stereocenters. The monoisotopic (exact) mass is 208 g/mol. The van der Waals surface area contributed by atoms with E-state index < -0.39 is 0 Å². The first-order valence-corrected chi connectivity index (χ1v) is 4.84. The Morgan fingerprint density at radius 2 is 2.00 bits per heavy atom. The van der Waals surface area contributed by atoms with Crippen LogP contribution in [0.25, 0.3) is 5.69 Å². The van der Waals surface area contributed by atoms with Crippen molar-refractivity contribution in [3.8, 4) is 5.69 Å². The molecule has 0 saturated carbocycles. The van der Waals surface area contributed by atoms with E-state index in [2.05, 4.69) is 15.5 Å². The molecule has 0 N–H and O–H groups in total. The maximum absolute atomic E-state index is 5.64. The molecule has 0 aliphatic heterocycles. The van der Waals surface area contributed by atoms with Crippen LogP contribution >= 0.6 is 11.6 Å². The van der Waals surface area contributed by atoms with E-state index in [0.29, 0.717) is 12.3 Å². The number of hydrogen-bond donors (Lipinski definition) is 0. The second-order valence-electron chi connectivity index (χ2n) is 2.78. The number of benzene rings is 1. The highest BCUT2D eigenvalue weighted by Gasteiger charge is 2.05. The molecule has 0 fully saturated rings. The molecule has 0 aliphatic carbocycles. The second kappa shape index (κ2) is 4.19. The fourth-order valence-electron chi connectivity index (χ4n) is 1.22. The summed E-state index contributed by atoms with van der Waals surface area (Å²) in [5, 5.41) is 11.4. The summed E-state index contributed by atoms with van der Waals surface area (Å²) in [6.45, 7) is 0. The van der Waals surface area contributed by atoms with Gasteiger partial charge >= 0.3 is 0 Å². The van der Waals surface area contributed by atoms with E-state index in [1.807, 2.05) is 30.3 Å². The number of tetrazole rings is 1. The van der Waals surface area contributed by atoms with Crippen LogP contribution in [0.1, 0.15) is 5.82 Å². The van der Waals surface area contributed by atoms with Gasteiger partial charge in [-0.25, -0.2) is 0 Å². The summed E-state index contributed by atoms with van der Waals surface area (Å²) in [6.07, 6.45) is 0.670. The van der Waals surface area contributed by atoms with E-state index in [4.69, 9.17) is 11.6 Å². The van der Waals surface area contributed by atoms with Crippen LogP contribution < -0.4 is 0 Å². The van der Waals surface area contributed by atoms with Gasteiger partial charge in [-0.15, -0.1) is 16.7 Å². The van der Waals surface area contributed by atoms with Crippen LogP contribution in [0, 0.1) is 0 Å². The molecule has 0 unspecified atom stereocenters. The number of aryl methyl sites for hydroxylation is 1. The predicted molar refractivity (Wildman–Crippen MR) is 53.6 cm³/mol. The lowest BCUT2D eigenvalue weighted by molar-refractivity contribution is 0.767. The summed E-state index contributed by atoms with van der Waals surface area (Å²) >= 11 is 5.64. The van der Waals surface area contributed by atoms with Gasteiger partial charge in [0, 0.05) is 12.3 Å². The molecule has 0 aliphatic rings. The van der Waals surface area contributed by atoms with Crippen LogP contribution in [0.2, 0.25) is 0 Å². The first-order chi connectivity index (χ1) is 6.92. The van der Waals surface area contributed by atoms with Crippen LogP contribution in [-0.2, 0) is 6.42 Å². The summed E-state index contributed by atoms with van der Waals surface area (Å²) in [6, 6.07) is 9.75. The van der Waals surface area contributed by atoms with Gasteiger partial charge in [-0.3, -0.25) is 0 Å². The normalized spacial score (nSPS) is 10.4. The first kappa shape index (κ1) is 9.15. The molecule has 1 aromatic carbocycles. The van der Waals surface area contributed by atoms with Gasteiger partial charge in [-0.1, -0.05) is 18.2 Å². The summed E-state index contributed by atoms with van der Waals surface area (Å²) in [7, 11) is 0. The molecular weight excluding hydrogens is 200 g/mol. The SMILES string of the molecule is ClCCc1nnnn1-c1ccccc1. The third kappa shape index (κ3) is 1.75. The largest absolute Gasteiger partial charge is 0.197 e. The minimum absolute atomic E-state index is 0.521. The Morgan fingerprint density at radius 1 is 1.21 bits per heavy atom. The van der Waals surface area contributed by atoms with Gasteiger partial charge in [-0.2, -0.15) is 4.68 Å². The van der Waals surface area contributed by atoms with Crippen molar-refractivity contribution >= 4 is 11.6 Å². The molecular formula is C9H9ClN4. The smallest absolute Gasteiger partial charge is 0.157 e. The van der Waals surface area contributed by atoms with E-state index in [0.717, 1.165) is 11.5 Å². The number of hydrogen-bond acceptors (Lipinski definition) is 3. The Labute approximate surface area is 86.5 Å². The topological polar surface area (TPSA) is 43.6 Å². The molecule has 2 aromatic rings. The van der Waals surface area contributed by atoms with Crippen molar-refractivity contribution in [2.45, 2.75) is 6.42 Å². The molecule has 72 valence electrons. The predicted octanol–water partition coefficient (Wildman–Crippen LogP) is 1.44. The quantitative estimate of drug-likeness (QED) is 0.717. The van der Waals surface area contributed by atoms with Crippen molar-refractivity contribution in [3.05, 3.63) is 36.2 Å². The van der Waals surface area contributed by atoms with E-state index in [9.17, 15) is 0 Å². The van der Waals surface area contributed by atoms with Gasteiger partial charge in [0.25, 0.3) is 0 Å². The van der Waals surface area contributed by atoms with E-state index in [-0.39, 0.29) is 0 Å². The van der Waals surface area contributed by atoms with Crippen molar-refractivity contribution in [1.29, 1.82) is 0 Å². The fraction of sp³-hybridized carbons (Fsp3) is 0.222. The molecule has 0 amide bonds. The van der Waals surface area contributed by atoms with E-state index >= 15 is 0 Å². The lowest BCUT2D eigenvalue weighted by atomic mass is 10.3. The minimum atomic E-state index is 0.521. The molecule has 1 aromatic heterocycles. The lowest BCUT2D eigenvalue weighted by Gasteiger charge is -2.01. The van der Waals surface area contributed by atoms with Gasteiger partial charge in [0.2, 0.25) is 0 Å². The first-order valence-electron chi connectivity index (χ1n) is 4.30. The van der Waals surface area contributed by atoms with Crippen LogP contribution in [0.3, 0.4) is 0 Å². The zero-order valence-electron chi connectivity index (χ0n) is 7.47. The summed E-state index contributed by atoms with van der Waals surface area (Å²) in [5.41, 5.74) is 0.956. The Kier molecular flexibility index (Phi) is 2.74. The number of aromatic nitrogens is 4. The highest BCUT2D eigenvalue weighted by Crippen LogP contribution is 2.07. The van der Waals surface area contributed by atoms with Crippen LogP contribution in [0.4, 0.5) is 0 Å². The maximum Gasteiger partial charge on any atom is 0.157 e. The van der Waals surface area contributed by atoms with Crippen LogP contribution in [-0.4, -0.2) is 26.1 Å². The number of halogens is 1. The zero-order chi connectivity index (χ0) is 9.80. The molecule has 5 heteroatoms. The highest BCUT2D eigenvalue weighted by molar-refractivity contribution is 6.17. The van der Waals surface area contributed by atoms with Gasteiger partial charge in [0.15, 0.2) is 5.82 Å². The van der Waals surface area contributed by atoms with Crippen molar-refractivity contribution in [3.63, 3.8) is 0 Å². The minimum Gasteiger partial charge on any atom is -0.197 e. The third-order valence-corrected chi connectivity index (χ3v) is 2.04. The molecule has 0 bridgehead atoms. The molecule has 1 heterocycles. The zero-order valence-corrected chi connectivity index (χ0v) is 8.22. The summed E-state index contributed by atoms with van der Waals surface area (Å²) < 4.78 is 1.70. The Bertz CT molecular complexity index is 398. The molecule has 14 heavy (non-hydrogen) atoms. The van der Waals surface area contributed by atoms with Gasteiger partial charge in [-0.05, 0) is 22.6 Å². The standard InChI is InChI=1S/C9H9ClN4/c10-7-6-9-11-12-13-14(9)8-4-2-1-3-5-8/h1-5H,6-7H2. The lowest BCUT2D eigenvalue weighted by Crippen LogP contribution is -2.03. The number of rotatable bonds is 3. The van der Waals surface area contributed by atoms with Crippen molar-refractivity contribution in [1.82, 2.24) is 20.2 Å². The van der Waals surface area contributed by atoms with E-state index in [1.165, 1.54) is 0 Å². The van der Waals surface area contributed by atoms with E-state index in [1.54, 1.807) is 4.68 Å². The molecule has 0 spiro atoms.